The lowest BCUT2D eigenvalue weighted by Gasteiger charge is -2.25. The second-order valence-corrected chi connectivity index (χ2v) is 6.45. The third-order valence-corrected chi connectivity index (χ3v) is 4.91. The normalized spacial score (nSPS) is 20.4. The van der Waals surface area contributed by atoms with E-state index in [2.05, 4.69) is 49.4 Å². The lowest BCUT2D eigenvalue weighted by molar-refractivity contribution is 0.624. The third-order valence-electron chi connectivity index (χ3n) is 4.91. The molecule has 2 aliphatic rings. The monoisotopic (exact) mass is 275 g/mol. The van der Waals surface area contributed by atoms with E-state index in [1.807, 2.05) is 0 Å². The number of hydrogen-bond donors (Lipinski definition) is 1. The first kappa shape index (κ1) is 12.8. The number of rotatable bonds is 0. The maximum Gasteiger partial charge on any atom is 0.00828 e. The van der Waals surface area contributed by atoms with Crippen LogP contribution in [0.2, 0.25) is 0 Å². The van der Waals surface area contributed by atoms with E-state index in [1.165, 1.54) is 39.0 Å². The molecule has 1 nitrogen and oxygen atoms in total. The molecule has 2 aromatic rings. The van der Waals surface area contributed by atoms with Crippen LogP contribution in [0.1, 0.15) is 47.1 Å². The first-order valence-corrected chi connectivity index (χ1v) is 7.88. The summed E-state index contributed by atoms with van der Waals surface area (Å²) in [5.41, 5.74) is 16.5. The number of allylic oxidation sites excluding steroid dienone is 1. The van der Waals surface area contributed by atoms with E-state index in [0.717, 1.165) is 25.7 Å². The summed E-state index contributed by atoms with van der Waals surface area (Å²) in [6, 6.07) is 16.1. The molecular weight excluding hydrogens is 254 g/mol. The molecule has 0 spiro atoms. The van der Waals surface area contributed by atoms with Crippen molar-refractivity contribution in [1.29, 1.82) is 0 Å². The van der Waals surface area contributed by atoms with Crippen molar-refractivity contribution in [1.82, 2.24) is 0 Å². The maximum absolute atomic E-state index is 6.27. The Labute approximate surface area is 126 Å². The van der Waals surface area contributed by atoms with Crippen molar-refractivity contribution in [3.05, 3.63) is 70.3 Å². The lowest BCUT2D eigenvalue weighted by Crippen LogP contribution is -2.23. The van der Waals surface area contributed by atoms with Crippen LogP contribution < -0.4 is 5.73 Å². The Morgan fingerprint density at radius 1 is 0.952 bits per heavy atom. The van der Waals surface area contributed by atoms with Gasteiger partial charge in [-0.1, -0.05) is 48.0 Å². The van der Waals surface area contributed by atoms with Gasteiger partial charge >= 0.3 is 0 Å². The van der Waals surface area contributed by atoms with E-state index in [4.69, 9.17) is 5.73 Å². The predicted molar refractivity (Wildman–Crippen MR) is 89.1 cm³/mol. The molecule has 0 saturated heterocycles. The van der Waals surface area contributed by atoms with E-state index in [0.29, 0.717) is 6.04 Å². The number of hydrogen-bond acceptors (Lipinski definition) is 1. The van der Waals surface area contributed by atoms with Gasteiger partial charge in [-0.3, -0.25) is 0 Å². The topological polar surface area (TPSA) is 26.0 Å². The van der Waals surface area contributed by atoms with Crippen LogP contribution in [0.15, 0.2) is 42.5 Å². The molecule has 2 aromatic carbocycles. The minimum Gasteiger partial charge on any atom is -0.327 e. The summed E-state index contributed by atoms with van der Waals surface area (Å²) in [4.78, 5) is 0. The van der Waals surface area contributed by atoms with Crippen LogP contribution in [0, 0.1) is 6.92 Å². The Morgan fingerprint density at radius 3 is 2.67 bits per heavy atom. The molecule has 0 aromatic heterocycles. The van der Waals surface area contributed by atoms with Crippen molar-refractivity contribution < 1.29 is 0 Å². The fourth-order valence-corrected chi connectivity index (χ4v) is 3.84. The van der Waals surface area contributed by atoms with Gasteiger partial charge in [-0.05, 0) is 66.0 Å². The number of benzene rings is 2. The summed E-state index contributed by atoms with van der Waals surface area (Å²) in [6.07, 6.45) is 4.27. The van der Waals surface area contributed by atoms with Gasteiger partial charge < -0.3 is 5.73 Å². The third kappa shape index (κ3) is 2.13. The molecule has 0 heterocycles. The molecule has 1 unspecified atom stereocenters. The van der Waals surface area contributed by atoms with Crippen molar-refractivity contribution in [2.24, 2.45) is 5.73 Å². The second-order valence-electron chi connectivity index (χ2n) is 6.45. The van der Waals surface area contributed by atoms with E-state index in [1.54, 1.807) is 0 Å². The van der Waals surface area contributed by atoms with Gasteiger partial charge in [-0.25, -0.2) is 0 Å². The lowest BCUT2D eigenvalue weighted by atomic mass is 9.81. The first-order chi connectivity index (χ1) is 10.2. The van der Waals surface area contributed by atoms with Gasteiger partial charge in [-0.2, -0.15) is 0 Å². The molecule has 0 amide bonds. The van der Waals surface area contributed by atoms with Gasteiger partial charge in [0, 0.05) is 6.04 Å². The number of fused-ring (bicyclic) bond motifs is 4. The van der Waals surface area contributed by atoms with Crippen molar-refractivity contribution in [3.63, 3.8) is 0 Å². The molecular formula is C20H21N. The summed E-state index contributed by atoms with van der Waals surface area (Å²) in [5.74, 6) is 0. The second kappa shape index (κ2) is 4.85. The van der Waals surface area contributed by atoms with Crippen molar-refractivity contribution in [3.8, 4) is 0 Å². The van der Waals surface area contributed by atoms with Gasteiger partial charge in [0.2, 0.25) is 0 Å². The Morgan fingerprint density at radius 2 is 1.76 bits per heavy atom. The Bertz CT molecular complexity index is 739. The Hall–Kier alpha value is -1.86. The molecule has 0 aliphatic heterocycles. The summed E-state index contributed by atoms with van der Waals surface area (Å²) < 4.78 is 0. The fraction of sp³-hybridized carbons (Fsp3) is 0.300. The average molecular weight is 275 g/mol. The van der Waals surface area contributed by atoms with Crippen LogP contribution in [0.5, 0.6) is 0 Å². The van der Waals surface area contributed by atoms with Crippen LogP contribution in [-0.4, -0.2) is 6.04 Å². The summed E-state index contributed by atoms with van der Waals surface area (Å²) in [6.45, 7) is 2.18. The van der Waals surface area contributed by atoms with E-state index < -0.39 is 0 Å². The molecule has 106 valence electrons. The molecule has 1 atom stereocenters. The predicted octanol–water partition coefficient (Wildman–Crippen LogP) is 4.32. The number of nitrogens with two attached hydrogens (primary N) is 1. The SMILES string of the molecule is Cc1ccc2c(c1)C1=C(CCC(N)C1)c1ccccc1C2. The number of aryl methyl sites for hydroxylation is 1. The molecule has 2 N–H and O–H groups in total. The van der Waals surface area contributed by atoms with Gasteiger partial charge in [0.05, 0.1) is 0 Å². The van der Waals surface area contributed by atoms with Crippen LogP contribution >= 0.6 is 0 Å². The summed E-state index contributed by atoms with van der Waals surface area (Å²) >= 11 is 0. The maximum atomic E-state index is 6.27. The zero-order valence-corrected chi connectivity index (χ0v) is 12.5. The van der Waals surface area contributed by atoms with Crippen LogP contribution in [0.25, 0.3) is 11.1 Å². The highest BCUT2D eigenvalue weighted by Crippen LogP contribution is 2.43. The average Bonchev–Trinajstić information content (AvgIpc) is 2.62. The molecule has 0 fully saturated rings. The van der Waals surface area contributed by atoms with Crippen molar-refractivity contribution >= 4 is 11.1 Å². The quantitative estimate of drug-likeness (QED) is 0.761. The zero-order chi connectivity index (χ0) is 14.4. The minimum atomic E-state index is 0.308. The highest BCUT2D eigenvalue weighted by molar-refractivity contribution is 5.95. The molecule has 1 heteroatoms. The van der Waals surface area contributed by atoms with Gasteiger partial charge in [0.15, 0.2) is 0 Å². The Kier molecular flexibility index (Phi) is 2.97. The standard InChI is InChI=1S/C20H21N/c1-13-6-7-15-11-14-4-2-3-5-17(14)18-9-8-16(21)12-20(18)19(15)10-13/h2-7,10,16H,8-9,11-12,21H2,1H3. The largest absolute Gasteiger partial charge is 0.327 e. The molecule has 0 saturated carbocycles. The van der Waals surface area contributed by atoms with Crippen molar-refractivity contribution in [2.75, 3.05) is 0 Å². The smallest absolute Gasteiger partial charge is 0.00828 e. The van der Waals surface area contributed by atoms with E-state index >= 15 is 0 Å². The molecule has 4 rings (SSSR count). The summed E-state index contributed by atoms with van der Waals surface area (Å²) in [5, 5.41) is 0. The molecule has 2 aliphatic carbocycles. The zero-order valence-electron chi connectivity index (χ0n) is 12.5. The van der Waals surface area contributed by atoms with Gasteiger partial charge in [-0.15, -0.1) is 0 Å². The van der Waals surface area contributed by atoms with E-state index in [9.17, 15) is 0 Å². The van der Waals surface area contributed by atoms with Gasteiger partial charge in [0.25, 0.3) is 0 Å². The molecule has 0 radical (unpaired) electrons. The molecule has 21 heavy (non-hydrogen) atoms. The van der Waals surface area contributed by atoms with Gasteiger partial charge in [0.1, 0.15) is 0 Å². The first-order valence-electron chi connectivity index (χ1n) is 7.88. The molecule has 0 bridgehead atoms. The van der Waals surface area contributed by atoms with Crippen LogP contribution in [-0.2, 0) is 6.42 Å². The van der Waals surface area contributed by atoms with Crippen LogP contribution in [0.4, 0.5) is 0 Å². The highest BCUT2D eigenvalue weighted by Gasteiger charge is 2.26. The minimum absolute atomic E-state index is 0.308. The van der Waals surface area contributed by atoms with Crippen LogP contribution in [0.3, 0.4) is 0 Å². The highest BCUT2D eigenvalue weighted by atomic mass is 14.6. The van der Waals surface area contributed by atoms with E-state index in [-0.39, 0.29) is 0 Å². The summed E-state index contributed by atoms with van der Waals surface area (Å²) in [7, 11) is 0. The fourth-order valence-electron chi connectivity index (χ4n) is 3.84. The Balaban J connectivity index is 2.02. The van der Waals surface area contributed by atoms with Crippen molar-refractivity contribution in [2.45, 2.75) is 38.6 Å².